The predicted octanol–water partition coefficient (Wildman–Crippen LogP) is -0.522. The summed E-state index contributed by atoms with van der Waals surface area (Å²) in [6.07, 6.45) is 2.14. The lowest BCUT2D eigenvalue weighted by Crippen LogP contribution is -2.54. The second-order valence-electron chi connectivity index (χ2n) is 4.67. The van der Waals surface area contributed by atoms with Gasteiger partial charge in [-0.3, -0.25) is 9.69 Å². The molecule has 1 aliphatic heterocycles. The summed E-state index contributed by atoms with van der Waals surface area (Å²) in [6.45, 7) is 6.69. The van der Waals surface area contributed by atoms with Crippen molar-refractivity contribution in [3.63, 3.8) is 0 Å². The van der Waals surface area contributed by atoms with E-state index in [0.717, 1.165) is 6.42 Å². The van der Waals surface area contributed by atoms with Crippen molar-refractivity contribution in [1.29, 1.82) is 0 Å². The number of hydrogen-bond acceptors (Lipinski definition) is 4. The molecule has 18 heavy (non-hydrogen) atoms. The highest BCUT2D eigenvalue weighted by Crippen LogP contribution is 2.09. The summed E-state index contributed by atoms with van der Waals surface area (Å²) in [4.78, 5) is 13.8. The lowest BCUT2D eigenvalue weighted by molar-refractivity contribution is -0.126. The van der Waals surface area contributed by atoms with E-state index in [0.29, 0.717) is 32.7 Å². The number of nitrogens with one attached hydrogen (secondary N) is 1. The average molecular weight is 277 g/mol. The van der Waals surface area contributed by atoms with E-state index >= 15 is 0 Å². The molecular formula is C11H23N3O3S. The van der Waals surface area contributed by atoms with E-state index in [9.17, 15) is 13.2 Å². The van der Waals surface area contributed by atoms with E-state index in [4.69, 9.17) is 0 Å². The van der Waals surface area contributed by atoms with Crippen molar-refractivity contribution in [3.8, 4) is 0 Å². The van der Waals surface area contributed by atoms with Crippen LogP contribution < -0.4 is 5.32 Å². The molecule has 0 aromatic rings. The first-order valence-corrected chi connectivity index (χ1v) is 8.18. The lowest BCUT2D eigenvalue weighted by atomic mass is 10.2. The molecule has 1 N–H and O–H groups in total. The molecule has 0 aromatic carbocycles. The Morgan fingerprint density at radius 1 is 1.28 bits per heavy atom. The Balaban J connectivity index is 2.45. The van der Waals surface area contributed by atoms with Gasteiger partial charge in [-0.2, -0.15) is 4.31 Å². The molecule has 1 saturated heterocycles. The fraction of sp³-hybridized carbons (Fsp3) is 0.909. The summed E-state index contributed by atoms with van der Waals surface area (Å²) < 4.78 is 24.2. The molecule has 1 heterocycles. The molecule has 1 rings (SSSR count). The predicted molar refractivity (Wildman–Crippen MR) is 70.8 cm³/mol. The van der Waals surface area contributed by atoms with E-state index in [1.54, 1.807) is 0 Å². The molecular weight excluding hydrogens is 254 g/mol. The van der Waals surface area contributed by atoms with Crippen LogP contribution in [0, 0.1) is 0 Å². The minimum Gasteiger partial charge on any atom is -0.355 e. The molecule has 0 aromatic heterocycles. The van der Waals surface area contributed by atoms with Gasteiger partial charge in [-0.15, -0.1) is 0 Å². The Morgan fingerprint density at radius 2 is 1.83 bits per heavy atom. The van der Waals surface area contributed by atoms with Gasteiger partial charge in [0.2, 0.25) is 15.9 Å². The Labute approximate surface area is 109 Å². The van der Waals surface area contributed by atoms with Gasteiger partial charge in [-0.25, -0.2) is 8.42 Å². The average Bonchev–Trinajstić information content (AvgIpc) is 2.34. The van der Waals surface area contributed by atoms with Gasteiger partial charge in [0.1, 0.15) is 0 Å². The van der Waals surface area contributed by atoms with Crippen molar-refractivity contribution in [3.05, 3.63) is 0 Å². The van der Waals surface area contributed by atoms with Crippen LogP contribution in [0.25, 0.3) is 0 Å². The van der Waals surface area contributed by atoms with Gasteiger partial charge in [-0.05, 0) is 13.3 Å². The Hall–Kier alpha value is -0.660. The van der Waals surface area contributed by atoms with Gasteiger partial charge in [-0.1, -0.05) is 6.92 Å². The van der Waals surface area contributed by atoms with Crippen LogP contribution in [-0.4, -0.2) is 68.6 Å². The van der Waals surface area contributed by atoms with E-state index < -0.39 is 10.0 Å². The van der Waals surface area contributed by atoms with Gasteiger partial charge in [0.15, 0.2) is 0 Å². The van der Waals surface area contributed by atoms with E-state index in [1.807, 2.05) is 18.7 Å². The van der Waals surface area contributed by atoms with Crippen LogP contribution in [0.1, 0.15) is 20.3 Å². The fourth-order valence-corrected chi connectivity index (χ4v) is 2.81. The summed E-state index contributed by atoms with van der Waals surface area (Å²) >= 11 is 0. The first-order chi connectivity index (χ1) is 8.36. The molecule has 0 saturated carbocycles. The largest absolute Gasteiger partial charge is 0.355 e. The highest BCUT2D eigenvalue weighted by molar-refractivity contribution is 7.88. The lowest BCUT2D eigenvalue weighted by Gasteiger charge is -2.36. The molecule has 0 radical (unpaired) electrons. The summed E-state index contributed by atoms with van der Waals surface area (Å²) in [5.41, 5.74) is 0. The van der Waals surface area contributed by atoms with Crippen LogP contribution in [0.3, 0.4) is 0 Å². The maximum absolute atomic E-state index is 11.8. The smallest absolute Gasteiger partial charge is 0.237 e. The van der Waals surface area contributed by atoms with Crippen LogP contribution in [0.2, 0.25) is 0 Å². The molecule has 1 aliphatic rings. The molecule has 1 atom stereocenters. The number of amides is 1. The minimum absolute atomic E-state index is 0.0182. The summed E-state index contributed by atoms with van der Waals surface area (Å²) in [7, 11) is -3.10. The van der Waals surface area contributed by atoms with Crippen LogP contribution in [0.15, 0.2) is 0 Å². The standard InChI is InChI=1S/C11H23N3O3S/c1-4-5-12-11(15)10(2)13-6-8-14(9-7-13)18(3,16)17/h10H,4-9H2,1-3H3,(H,12,15). The number of rotatable bonds is 5. The van der Waals surface area contributed by atoms with Crippen LogP contribution in [0.5, 0.6) is 0 Å². The number of nitrogens with zero attached hydrogens (tertiary/aromatic N) is 2. The summed E-state index contributed by atoms with van der Waals surface area (Å²) in [6, 6.07) is -0.196. The molecule has 106 valence electrons. The van der Waals surface area contributed by atoms with Crippen LogP contribution in [0.4, 0.5) is 0 Å². The monoisotopic (exact) mass is 277 g/mol. The van der Waals surface area contributed by atoms with E-state index in [-0.39, 0.29) is 11.9 Å². The van der Waals surface area contributed by atoms with Gasteiger partial charge in [0.05, 0.1) is 12.3 Å². The number of hydrogen-bond donors (Lipinski definition) is 1. The molecule has 1 unspecified atom stereocenters. The Bertz CT molecular complexity index is 375. The fourth-order valence-electron chi connectivity index (χ4n) is 1.98. The second-order valence-corrected chi connectivity index (χ2v) is 6.65. The Morgan fingerprint density at radius 3 is 2.28 bits per heavy atom. The maximum Gasteiger partial charge on any atom is 0.237 e. The molecule has 0 bridgehead atoms. The zero-order valence-corrected chi connectivity index (χ0v) is 12.2. The number of carbonyl (C=O) groups is 1. The molecule has 1 fully saturated rings. The zero-order valence-electron chi connectivity index (χ0n) is 11.3. The van der Waals surface area contributed by atoms with Crippen LogP contribution >= 0.6 is 0 Å². The highest BCUT2D eigenvalue weighted by atomic mass is 32.2. The van der Waals surface area contributed by atoms with Crippen molar-refractivity contribution < 1.29 is 13.2 Å². The van der Waals surface area contributed by atoms with Gasteiger partial charge >= 0.3 is 0 Å². The third kappa shape index (κ3) is 4.22. The van der Waals surface area contributed by atoms with Gasteiger partial charge in [0.25, 0.3) is 0 Å². The zero-order chi connectivity index (χ0) is 13.8. The highest BCUT2D eigenvalue weighted by Gasteiger charge is 2.28. The molecule has 0 spiro atoms. The van der Waals surface area contributed by atoms with Crippen molar-refractivity contribution >= 4 is 15.9 Å². The van der Waals surface area contributed by atoms with E-state index in [2.05, 4.69) is 5.32 Å². The third-order valence-corrected chi connectivity index (χ3v) is 4.52. The van der Waals surface area contributed by atoms with Gasteiger partial charge < -0.3 is 5.32 Å². The van der Waals surface area contributed by atoms with E-state index in [1.165, 1.54) is 10.6 Å². The van der Waals surface area contributed by atoms with Crippen LogP contribution in [-0.2, 0) is 14.8 Å². The SMILES string of the molecule is CCCNC(=O)C(C)N1CCN(S(C)(=O)=O)CC1. The molecule has 1 amide bonds. The topological polar surface area (TPSA) is 69.7 Å². The summed E-state index contributed by atoms with van der Waals surface area (Å²) in [5.74, 6) is 0.0182. The first kappa shape index (κ1) is 15.4. The quantitative estimate of drug-likeness (QED) is 0.734. The summed E-state index contributed by atoms with van der Waals surface area (Å²) in [5, 5.41) is 2.86. The third-order valence-electron chi connectivity index (χ3n) is 3.22. The van der Waals surface area contributed by atoms with Crippen molar-refractivity contribution in [1.82, 2.24) is 14.5 Å². The number of sulfonamides is 1. The normalized spacial score (nSPS) is 20.6. The minimum atomic E-state index is -3.10. The Kier molecular flexibility index (Phi) is 5.55. The van der Waals surface area contributed by atoms with Gasteiger partial charge in [0, 0.05) is 32.7 Å². The number of carbonyl (C=O) groups excluding carboxylic acids is 1. The molecule has 6 nitrogen and oxygen atoms in total. The maximum atomic E-state index is 11.8. The van der Waals surface area contributed by atoms with Crippen molar-refractivity contribution in [2.45, 2.75) is 26.3 Å². The number of piperazine rings is 1. The van der Waals surface area contributed by atoms with Crippen molar-refractivity contribution in [2.75, 3.05) is 39.0 Å². The first-order valence-electron chi connectivity index (χ1n) is 6.33. The second kappa shape index (κ2) is 6.49. The van der Waals surface area contributed by atoms with Crippen molar-refractivity contribution in [2.24, 2.45) is 0 Å². The molecule has 7 heteroatoms. The molecule has 0 aliphatic carbocycles.